The van der Waals surface area contributed by atoms with Gasteiger partial charge >= 0.3 is 0 Å². The summed E-state index contributed by atoms with van der Waals surface area (Å²) in [6.07, 6.45) is 23.3. The Morgan fingerprint density at radius 3 is 2.17 bits per heavy atom. The topological polar surface area (TPSA) is 75.2 Å². The Morgan fingerprint density at radius 1 is 0.692 bits per heavy atom. The molecule has 5 atom stereocenters. The summed E-state index contributed by atoms with van der Waals surface area (Å²) in [6.45, 7) is 0.835. The second kappa shape index (κ2) is 12.7. The van der Waals surface area contributed by atoms with Crippen molar-refractivity contribution in [3.63, 3.8) is 0 Å². The van der Waals surface area contributed by atoms with Crippen LogP contribution < -0.4 is 15.5 Å². The second-order valence-corrected chi connectivity index (χ2v) is 13.7. The van der Waals surface area contributed by atoms with Crippen LogP contribution in [-0.2, 0) is 4.74 Å². The van der Waals surface area contributed by atoms with Crippen LogP contribution in [0.15, 0.2) is 176 Å². The maximum atomic E-state index is 6.71. The second-order valence-electron chi connectivity index (χ2n) is 13.7. The van der Waals surface area contributed by atoms with Gasteiger partial charge in [-0.3, -0.25) is 4.98 Å². The fraction of sp³-hybridized carbons (Fsp3) is 0.133. The molecule has 0 saturated carbocycles. The number of ether oxygens (including phenoxy) is 1. The van der Waals surface area contributed by atoms with E-state index >= 15 is 0 Å². The fourth-order valence-electron chi connectivity index (χ4n) is 8.18. The number of aromatic nitrogens is 3. The number of hydrogen-bond donors (Lipinski definition) is 2. The van der Waals surface area contributed by atoms with Gasteiger partial charge in [-0.25, -0.2) is 9.97 Å². The molecule has 7 nitrogen and oxygen atoms in total. The van der Waals surface area contributed by atoms with Crippen LogP contribution in [0.4, 0.5) is 5.69 Å². The van der Waals surface area contributed by atoms with Crippen LogP contribution in [0.2, 0.25) is 0 Å². The van der Waals surface area contributed by atoms with Gasteiger partial charge in [-0.05, 0) is 59.8 Å². The van der Waals surface area contributed by atoms with Gasteiger partial charge in [-0.15, -0.1) is 0 Å². The van der Waals surface area contributed by atoms with Gasteiger partial charge in [0.2, 0.25) is 0 Å². The summed E-state index contributed by atoms with van der Waals surface area (Å²) in [4.78, 5) is 16.9. The summed E-state index contributed by atoms with van der Waals surface area (Å²) in [5, 5.41) is 6.86. The van der Waals surface area contributed by atoms with E-state index in [1.165, 1.54) is 16.8 Å². The predicted molar refractivity (Wildman–Crippen MR) is 206 cm³/mol. The van der Waals surface area contributed by atoms with Crippen molar-refractivity contribution in [1.82, 2.24) is 25.6 Å². The molecule has 0 spiro atoms. The van der Waals surface area contributed by atoms with Gasteiger partial charge in [0.15, 0.2) is 12.1 Å². The standard InChI is InChI=1S/C45H36N6O/c1-2-6-34(7-3-1)45-50-37-18-19-41-42(43(37)52-45)36-8-4-5-9-40(36)51(41)35-16-14-32(15-17-35)39-28-38(48-44(49-39)33-22-26-47-27-23-33)31-12-10-29(11-13-31)30-20-24-46-25-21-30/h1-24,26-28,36,40-42,45-46,50H,25H2. The van der Waals surface area contributed by atoms with Crippen LogP contribution in [0.25, 0.3) is 39.5 Å². The molecule has 1 saturated heterocycles. The molecular weight excluding hydrogens is 641 g/mol. The van der Waals surface area contributed by atoms with E-state index in [0.29, 0.717) is 11.7 Å². The summed E-state index contributed by atoms with van der Waals surface area (Å²) < 4.78 is 6.71. The monoisotopic (exact) mass is 676 g/mol. The van der Waals surface area contributed by atoms with Crippen LogP contribution >= 0.6 is 0 Å². The number of rotatable bonds is 6. The van der Waals surface area contributed by atoms with Crippen molar-refractivity contribution >= 4 is 11.3 Å². The highest BCUT2D eigenvalue weighted by atomic mass is 16.5. The predicted octanol–water partition coefficient (Wildman–Crippen LogP) is 8.39. The zero-order valence-corrected chi connectivity index (χ0v) is 28.4. The Bertz CT molecular complexity index is 2320. The lowest BCUT2D eigenvalue weighted by Crippen LogP contribution is -2.37. The molecule has 52 heavy (non-hydrogen) atoms. The maximum absolute atomic E-state index is 6.71. The highest BCUT2D eigenvalue weighted by Crippen LogP contribution is 2.50. The van der Waals surface area contributed by atoms with E-state index in [4.69, 9.17) is 14.7 Å². The number of allylic oxidation sites excluding steroid dienone is 5. The average Bonchev–Trinajstić information content (AvgIpc) is 3.82. The van der Waals surface area contributed by atoms with Gasteiger partial charge in [0.25, 0.3) is 0 Å². The van der Waals surface area contributed by atoms with Gasteiger partial charge in [0, 0.05) is 52.8 Å². The third-order valence-corrected chi connectivity index (χ3v) is 10.7. The quantitative estimate of drug-likeness (QED) is 0.187. The molecule has 0 radical (unpaired) electrons. The highest BCUT2D eigenvalue weighted by molar-refractivity contribution is 5.78. The lowest BCUT2D eigenvalue weighted by molar-refractivity contribution is 0.102. The van der Waals surface area contributed by atoms with E-state index in [2.05, 4.69) is 148 Å². The Morgan fingerprint density at radius 2 is 1.42 bits per heavy atom. The molecule has 2 N–H and O–H groups in total. The van der Waals surface area contributed by atoms with Crippen molar-refractivity contribution in [3.8, 4) is 33.9 Å². The van der Waals surface area contributed by atoms with Crippen LogP contribution in [0.3, 0.4) is 0 Å². The van der Waals surface area contributed by atoms with Crippen molar-refractivity contribution < 1.29 is 4.74 Å². The van der Waals surface area contributed by atoms with E-state index in [9.17, 15) is 0 Å². The zero-order valence-electron chi connectivity index (χ0n) is 28.4. The molecule has 5 heterocycles. The molecule has 5 aromatic rings. The number of anilines is 1. The minimum Gasteiger partial charge on any atom is -0.468 e. The Kier molecular flexibility index (Phi) is 7.41. The Balaban J connectivity index is 0.972. The number of pyridine rings is 1. The van der Waals surface area contributed by atoms with Crippen LogP contribution in [0.5, 0.6) is 0 Å². The molecule has 3 aromatic carbocycles. The molecule has 5 aliphatic rings. The Hall–Kier alpha value is -6.47. The number of hydrogen-bond acceptors (Lipinski definition) is 7. The van der Waals surface area contributed by atoms with Crippen LogP contribution in [0, 0.1) is 11.8 Å². The zero-order chi connectivity index (χ0) is 34.4. The summed E-state index contributed by atoms with van der Waals surface area (Å²) >= 11 is 0. The van der Waals surface area contributed by atoms with E-state index < -0.39 is 0 Å². The number of nitrogens with zero attached hydrogens (tertiary/aromatic N) is 4. The first kappa shape index (κ1) is 30.4. The van der Waals surface area contributed by atoms with Crippen LogP contribution in [0.1, 0.15) is 17.4 Å². The molecule has 3 aliphatic heterocycles. The smallest absolute Gasteiger partial charge is 0.196 e. The van der Waals surface area contributed by atoms with Crippen molar-refractivity contribution in [2.45, 2.75) is 18.3 Å². The van der Waals surface area contributed by atoms with Crippen molar-refractivity contribution in [2.24, 2.45) is 11.8 Å². The lowest BCUT2D eigenvalue weighted by atomic mass is 9.81. The van der Waals surface area contributed by atoms with Crippen molar-refractivity contribution in [2.75, 3.05) is 11.4 Å². The number of benzene rings is 3. The summed E-state index contributed by atoms with van der Waals surface area (Å²) in [7, 11) is 0. The van der Waals surface area contributed by atoms with E-state index in [1.807, 2.05) is 24.4 Å². The number of dihydropyridines is 1. The molecule has 7 heteroatoms. The molecule has 252 valence electrons. The van der Waals surface area contributed by atoms with Gasteiger partial charge < -0.3 is 20.3 Å². The first-order valence-corrected chi connectivity index (χ1v) is 17.9. The summed E-state index contributed by atoms with van der Waals surface area (Å²) in [5.41, 5.74) is 10.5. The van der Waals surface area contributed by atoms with E-state index in [-0.39, 0.29) is 24.2 Å². The Labute approximate surface area is 303 Å². The fourth-order valence-corrected chi connectivity index (χ4v) is 8.18. The molecule has 2 aliphatic carbocycles. The lowest BCUT2D eigenvalue weighted by Gasteiger charge is -2.32. The molecule has 10 rings (SSSR count). The molecule has 2 aromatic heterocycles. The third kappa shape index (κ3) is 5.33. The van der Waals surface area contributed by atoms with Gasteiger partial charge in [0.1, 0.15) is 5.76 Å². The molecule has 0 bridgehead atoms. The summed E-state index contributed by atoms with van der Waals surface area (Å²) in [6, 6.07) is 34.3. The van der Waals surface area contributed by atoms with Gasteiger partial charge in [0.05, 0.1) is 35.1 Å². The van der Waals surface area contributed by atoms with Gasteiger partial charge in [-0.1, -0.05) is 103 Å². The third-order valence-electron chi connectivity index (χ3n) is 10.7. The largest absolute Gasteiger partial charge is 0.468 e. The SMILES string of the molecule is C1=CC2C3C4=C(C=CC3N(c3ccc(-c5cc(-c6ccc(C7=CCNC=C7)cc6)nc(-c6ccncc6)n5)cc3)C2C=C1)NC(c1ccccc1)O4. The maximum Gasteiger partial charge on any atom is 0.196 e. The molecule has 0 amide bonds. The first-order valence-electron chi connectivity index (χ1n) is 17.9. The van der Waals surface area contributed by atoms with Crippen molar-refractivity contribution in [1.29, 1.82) is 0 Å². The van der Waals surface area contributed by atoms with Crippen LogP contribution in [-0.4, -0.2) is 33.6 Å². The summed E-state index contributed by atoms with van der Waals surface area (Å²) in [5.74, 6) is 2.23. The molecule has 1 fully saturated rings. The minimum atomic E-state index is -0.179. The average molecular weight is 677 g/mol. The van der Waals surface area contributed by atoms with Crippen molar-refractivity contribution in [3.05, 3.63) is 187 Å². The number of fused-ring (bicyclic) bond motifs is 4. The molecule has 5 unspecified atom stereocenters. The van der Waals surface area contributed by atoms with E-state index in [1.54, 1.807) is 12.4 Å². The molecular formula is C45H36N6O. The highest BCUT2D eigenvalue weighted by Gasteiger charge is 2.52. The van der Waals surface area contributed by atoms with E-state index in [0.717, 1.165) is 51.6 Å². The first-order chi connectivity index (χ1) is 25.8. The number of nitrogens with one attached hydrogen (secondary N) is 2. The normalized spacial score (nSPS) is 23.7. The van der Waals surface area contributed by atoms with Gasteiger partial charge in [-0.2, -0.15) is 0 Å². The minimum absolute atomic E-state index is 0.159.